The van der Waals surface area contributed by atoms with Gasteiger partial charge in [0.2, 0.25) is 29.5 Å². The normalized spacial score (nSPS) is 21.2. The Kier molecular flexibility index (Phi) is 21.3. The molecule has 1 aromatic rings. The molecule has 0 spiro atoms. The Labute approximate surface area is 348 Å². The van der Waals surface area contributed by atoms with Crippen LogP contribution < -0.4 is 38.1 Å². The summed E-state index contributed by atoms with van der Waals surface area (Å²) >= 11 is 0. The Morgan fingerprint density at radius 3 is 1.83 bits per heavy atom. The first-order valence-corrected chi connectivity index (χ1v) is 21.5. The maximum atomic E-state index is 14.0. The molecule has 330 valence electrons. The van der Waals surface area contributed by atoms with E-state index in [1.54, 1.807) is 0 Å². The van der Waals surface area contributed by atoms with Crippen molar-refractivity contribution >= 4 is 41.5 Å². The number of aliphatic carboxylic acids is 2. The van der Waals surface area contributed by atoms with E-state index in [9.17, 15) is 38.7 Å². The predicted molar refractivity (Wildman–Crippen MR) is 222 cm³/mol. The van der Waals surface area contributed by atoms with Crippen molar-refractivity contribution < 1.29 is 43.8 Å². The van der Waals surface area contributed by atoms with Gasteiger partial charge in [-0.05, 0) is 75.8 Å². The molecule has 16 heteroatoms. The summed E-state index contributed by atoms with van der Waals surface area (Å²) in [4.78, 5) is 89.9. The second-order valence-electron chi connectivity index (χ2n) is 17.0. The Bertz CT molecular complexity index is 1530. The van der Waals surface area contributed by atoms with E-state index in [4.69, 9.17) is 16.6 Å². The molecule has 2 aliphatic rings. The number of benzene rings is 1. The molecule has 8 atom stereocenters. The van der Waals surface area contributed by atoms with Gasteiger partial charge in [0.05, 0.1) is 18.3 Å². The molecular formula is C43H69N7O9. The highest BCUT2D eigenvalue weighted by atomic mass is 16.4. The zero-order valence-corrected chi connectivity index (χ0v) is 34.9. The van der Waals surface area contributed by atoms with Crippen molar-refractivity contribution in [3.63, 3.8) is 0 Å². The summed E-state index contributed by atoms with van der Waals surface area (Å²) in [6.45, 7) is 4.43. The number of carbonyl (C=O) groups is 7. The van der Waals surface area contributed by atoms with Crippen LogP contribution in [0, 0.1) is 17.8 Å². The van der Waals surface area contributed by atoms with Crippen LogP contribution in [0.15, 0.2) is 30.3 Å². The van der Waals surface area contributed by atoms with Crippen LogP contribution in [0.5, 0.6) is 0 Å². The summed E-state index contributed by atoms with van der Waals surface area (Å²) in [5, 5.41) is 33.2. The fraction of sp³-hybridized carbons (Fsp3) is 0.698. The number of hydrogen-bond donors (Lipinski definition) is 9. The number of amides is 5. The average Bonchev–Trinajstić information content (AvgIpc) is 3.16. The van der Waals surface area contributed by atoms with E-state index in [1.165, 1.54) is 0 Å². The third kappa shape index (κ3) is 18.9. The van der Waals surface area contributed by atoms with Crippen molar-refractivity contribution in [2.75, 3.05) is 6.54 Å². The van der Waals surface area contributed by atoms with Gasteiger partial charge in [0, 0.05) is 61.9 Å². The molecule has 3 rings (SSSR count). The van der Waals surface area contributed by atoms with Gasteiger partial charge < -0.3 is 48.3 Å². The van der Waals surface area contributed by atoms with Gasteiger partial charge in [0.25, 0.3) is 0 Å². The van der Waals surface area contributed by atoms with Crippen LogP contribution in [-0.4, -0.2) is 94.5 Å². The van der Waals surface area contributed by atoms with Gasteiger partial charge in [0.1, 0.15) is 0 Å². The highest BCUT2D eigenvalue weighted by Crippen LogP contribution is 2.26. The monoisotopic (exact) mass is 828 g/mol. The van der Waals surface area contributed by atoms with Crippen molar-refractivity contribution in [2.24, 2.45) is 29.2 Å². The van der Waals surface area contributed by atoms with Gasteiger partial charge in [-0.3, -0.25) is 33.6 Å². The van der Waals surface area contributed by atoms with Gasteiger partial charge in [-0.25, -0.2) is 0 Å². The van der Waals surface area contributed by atoms with Gasteiger partial charge in [-0.1, -0.05) is 69.9 Å². The van der Waals surface area contributed by atoms with Crippen LogP contribution in [0.3, 0.4) is 0 Å². The molecule has 0 unspecified atom stereocenters. The van der Waals surface area contributed by atoms with E-state index >= 15 is 0 Å². The molecule has 2 fully saturated rings. The van der Waals surface area contributed by atoms with E-state index in [0.717, 1.165) is 44.1 Å². The minimum atomic E-state index is -1.18. The lowest BCUT2D eigenvalue weighted by Gasteiger charge is -2.33. The topological polar surface area (TPSA) is 272 Å². The van der Waals surface area contributed by atoms with Crippen LogP contribution in [0.1, 0.15) is 129 Å². The molecule has 0 bridgehead atoms. The highest BCUT2D eigenvalue weighted by Gasteiger charge is 2.35. The second-order valence-corrected chi connectivity index (χ2v) is 17.0. The molecule has 1 aromatic carbocycles. The summed E-state index contributed by atoms with van der Waals surface area (Å²) in [6, 6.07) is 6.12. The third-order valence-corrected chi connectivity index (χ3v) is 11.3. The van der Waals surface area contributed by atoms with Crippen molar-refractivity contribution in [3.8, 4) is 0 Å². The minimum Gasteiger partial charge on any atom is -0.481 e. The molecule has 0 aromatic heterocycles. The first-order chi connectivity index (χ1) is 28.1. The number of nitrogens with one attached hydrogen (secondary N) is 5. The zero-order valence-electron chi connectivity index (χ0n) is 34.9. The smallest absolute Gasteiger partial charge is 0.305 e. The van der Waals surface area contributed by atoms with Gasteiger partial charge >= 0.3 is 11.9 Å². The molecule has 0 radical (unpaired) electrons. The van der Waals surface area contributed by atoms with Crippen molar-refractivity contribution in [2.45, 2.75) is 166 Å². The Hall–Kier alpha value is -4.57. The van der Waals surface area contributed by atoms with Crippen LogP contribution >= 0.6 is 0 Å². The molecule has 5 amide bonds. The van der Waals surface area contributed by atoms with Crippen LogP contribution in [0.2, 0.25) is 0 Å². The average molecular weight is 828 g/mol. The molecule has 0 aliphatic heterocycles. The Balaban J connectivity index is 1.65. The molecule has 0 heterocycles. The van der Waals surface area contributed by atoms with Crippen molar-refractivity contribution in [1.82, 2.24) is 26.6 Å². The summed E-state index contributed by atoms with van der Waals surface area (Å²) in [5.41, 5.74) is 12.9. The lowest BCUT2D eigenvalue weighted by molar-refractivity contribution is -0.140. The number of rotatable bonds is 25. The number of nitrogens with two attached hydrogens (primary N) is 2. The minimum absolute atomic E-state index is 0.0229. The highest BCUT2D eigenvalue weighted by molar-refractivity contribution is 5.85. The molecule has 11 N–H and O–H groups in total. The fourth-order valence-electron chi connectivity index (χ4n) is 8.39. The van der Waals surface area contributed by atoms with Gasteiger partial charge in [-0.2, -0.15) is 0 Å². The SMILES string of the molecule is CC(C)C[C@@H](CC(=O)N[C@@H](CCCN)CC(=O)N[C@@H]1CCCC[C@H]1C(=O)N[C@H](CC(=O)N[C@@H](CCC(=O)O)CC(=O)O)Cc1ccccc1)NC(=O)[C@@H]1CCCC[C@H]1N. The summed E-state index contributed by atoms with van der Waals surface area (Å²) in [5.74, 6) is -4.48. The molecule has 0 saturated heterocycles. The third-order valence-electron chi connectivity index (χ3n) is 11.3. The number of hydrogen-bond acceptors (Lipinski definition) is 9. The molecule has 2 aliphatic carbocycles. The van der Waals surface area contributed by atoms with Crippen LogP contribution in [0.25, 0.3) is 0 Å². The fourth-order valence-corrected chi connectivity index (χ4v) is 8.39. The van der Waals surface area contributed by atoms with Gasteiger partial charge in [-0.15, -0.1) is 0 Å². The van der Waals surface area contributed by atoms with E-state index in [2.05, 4.69) is 26.6 Å². The quantitative estimate of drug-likeness (QED) is 0.0692. The first-order valence-electron chi connectivity index (χ1n) is 21.5. The number of carboxylic acids is 2. The molecule has 16 nitrogen and oxygen atoms in total. The lowest BCUT2D eigenvalue weighted by atomic mass is 9.83. The second kappa shape index (κ2) is 25.8. The van der Waals surface area contributed by atoms with Crippen LogP contribution in [-0.2, 0) is 40.0 Å². The largest absolute Gasteiger partial charge is 0.481 e. The van der Waals surface area contributed by atoms with Crippen molar-refractivity contribution in [3.05, 3.63) is 35.9 Å². The Morgan fingerprint density at radius 1 is 0.661 bits per heavy atom. The van der Waals surface area contributed by atoms with Crippen molar-refractivity contribution in [1.29, 1.82) is 0 Å². The summed E-state index contributed by atoms with van der Waals surface area (Å²) in [7, 11) is 0. The Morgan fingerprint density at radius 2 is 1.22 bits per heavy atom. The lowest BCUT2D eigenvalue weighted by Crippen LogP contribution is -2.52. The predicted octanol–water partition coefficient (Wildman–Crippen LogP) is 2.66. The molecular weight excluding hydrogens is 759 g/mol. The van der Waals surface area contributed by atoms with E-state index < -0.39 is 54.4 Å². The summed E-state index contributed by atoms with van der Waals surface area (Å²) < 4.78 is 0. The van der Waals surface area contributed by atoms with E-state index in [1.807, 2.05) is 44.2 Å². The first kappa shape index (κ1) is 48.8. The van der Waals surface area contributed by atoms with E-state index in [0.29, 0.717) is 45.1 Å². The maximum Gasteiger partial charge on any atom is 0.305 e. The van der Waals surface area contributed by atoms with Crippen LogP contribution in [0.4, 0.5) is 0 Å². The maximum absolute atomic E-state index is 14.0. The number of carboxylic acid groups (broad SMARTS) is 2. The van der Waals surface area contributed by atoms with Gasteiger partial charge in [0.15, 0.2) is 0 Å². The molecule has 2 saturated carbocycles. The number of carbonyl (C=O) groups excluding carboxylic acids is 5. The molecule has 59 heavy (non-hydrogen) atoms. The standard InChI is InChI=1S/C43H69N7O9/c1-27(2)21-31(48-42(58)33-14-6-8-16-35(33)45)24-37(51)46-29(13-10-20-44)23-39(53)50-36-17-9-7-15-34(36)43(59)49-32(22-28-11-4-3-5-12-28)25-38(52)47-30(26-41(56)57)18-19-40(54)55/h3-5,11-12,27,29-36H,6-10,13-26,44-45H2,1-2H3,(H,46,51)(H,47,52)(H,48,58)(H,49,59)(H,50,53)(H,54,55)(H,56,57)/t29-,30-,31-,32-,33+,34+,35+,36+/m0/s1. The van der Waals surface area contributed by atoms with E-state index in [-0.39, 0.29) is 79.7 Å². The summed E-state index contributed by atoms with van der Waals surface area (Å²) in [6.07, 6.45) is 7.13. The zero-order chi connectivity index (χ0) is 43.3.